The Morgan fingerprint density at radius 2 is 2.06 bits per heavy atom. The zero-order valence-electron chi connectivity index (χ0n) is 12.7. The second kappa shape index (κ2) is 6.34. The summed E-state index contributed by atoms with van der Waals surface area (Å²) < 4.78 is 1.91. The van der Waals surface area contributed by atoms with E-state index in [0.717, 1.165) is 26.1 Å². The third-order valence-electron chi connectivity index (χ3n) is 2.92. The summed E-state index contributed by atoms with van der Waals surface area (Å²) in [6.07, 6.45) is 3.14. The Bertz CT molecular complexity index is 362. The van der Waals surface area contributed by atoms with E-state index in [1.54, 1.807) is 0 Å². The second-order valence-corrected chi connectivity index (χ2v) is 6.04. The van der Waals surface area contributed by atoms with E-state index >= 15 is 0 Å². The average molecular weight is 252 g/mol. The molecule has 0 radical (unpaired) electrons. The Balaban J connectivity index is 2.42. The van der Waals surface area contributed by atoms with E-state index in [1.165, 1.54) is 11.3 Å². The maximum atomic E-state index is 4.48. The normalized spacial score (nSPS) is 12.4. The van der Waals surface area contributed by atoms with E-state index in [2.05, 4.69) is 56.3 Å². The first-order valence-corrected chi connectivity index (χ1v) is 6.77. The fraction of sp³-hybridized carbons (Fsp3) is 0.786. The van der Waals surface area contributed by atoms with Crippen LogP contribution < -0.4 is 5.32 Å². The first kappa shape index (κ1) is 15.2. The van der Waals surface area contributed by atoms with E-state index in [1.807, 2.05) is 11.7 Å². The molecule has 1 rings (SSSR count). The van der Waals surface area contributed by atoms with Crippen molar-refractivity contribution in [3.63, 3.8) is 0 Å². The average Bonchev–Trinajstić information content (AvgIpc) is 2.56. The van der Waals surface area contributed by atoms with Gasteiger partial charge in [0.25, 0.3) is 0 Å². The van der Waals surface area contributed by atoms with Gasteiger partial charge in [0, 0.05) is 44.0 Å². The minimum Gasteiger partial charge on any atom is -0.311 e. The largest absolute Gasteiger partial charge is 0.311 e. The van der Waals surface area contributed by atoms with Gasteiger partial charge < -0.3 is 10.2 Å². The minimum absolute atomic E-state index is 0.198. The second-order valence-electron chi connectivity index (χ2n) is 6.04. The molecule has 1 heterocycles. The molecular weight excluding hydrogens is 224 g/mol. The van der Waals surface area contributed by atoms with Crippen molar-refractivity contribution in [2.75, 3.05) is 20.1 Å². The van der Waals surface area contributed by atoms with Gasteiger partial charge in [0.2, 0.25) is 0 Å². The van der Waals surface area contributed by atoms with Crippen LogP contribution in [0.25, 0.3) is 0 Å². The van der Waals surface area contributed by atoms with Crippen LogP contribution in [0.4, 0.5) is 0 Å². The Morgan fingerprint density at radius 3 is 2.61 bits per heavy atom. The SMILES string of the molecule is CCc1nn(C)cc1CN(C)CCNC(C)(C)C. The van der Waals surface area contributed by atoms with E-state index in [-0.39, 0.29) is 5.54 Å². The van der Waals surface area contributed by atoms with Crippen LogP contribution in [-0.2, 0) is 20.0 Å². The molecule has 0 bridgehead atoms. The standard InChI is InChI=1S/C14H28N4/c1-7-13-12(11-18(6)16-13)10-17(5)9-8-15-14(2,3)4/h11,15H,7-10H2,1-6H3. The summed E-state index contributed by atoms with van der Waals surface area (Å²) in [5.41, 5.74) is 2.76. The van der Waals surface area contributed by atoms with Crippen LogP contribution >= 0.6 is 0 Å². The number of hydrogen-bond donors (Lipinski definition) is 1. The smallest absolute Gasteiger partial charge is 0.0666 e. The number of likely N-dealkylation sites (N-methyl/N-ethyl adjacent to an activating group) is 1. The molecular formula is C14H28N4. The van der Waals surface area contributed by atoms with Crippen molar-refractivity contribution < 1.29 is 0 Å². The molecule has 4 nitrogen and oxygen atoms in total. The van der Waals surface area contributed by atoms with E-state index in [0.29, 0.717) is 0 Å². The molecule has 0 aliphatic rings. The molecule has 104 valence electrons. The lowest BCUT2D eigenvalue weighted by atomic mass is 10.1. The number of nitrogens with one attached hydrogen (secondary N) is 1. The lowest BCUT2D eigenvalue weighted by Crippen LogP contribution is -2.40. The molecule has 0 saturated heterocycles. The molecule has 0 amide bonds. The summed E-state index contributed by atoms with van der Waals surface area (Å²) in [5, 5.41) is 7.99. The zero-order valence-corrected chi connectivity index (χ0v) is 12.7. The molecule has 0 aromatic carbocycles. The molecule has 0 unspecified atom stereocenters. The van der Waals surface area contributed by atoms with Crippen LogP contribution in [0.3, 0.4) is 0 Å². The molecule has 0 aliphatic heterocycles. The molecule has 0 spiro atoms. The Morgan fingerprint density at radius 1 is 1.39 bits per heavy atom. The van der Waals surface area contributed by atoms with Gasteiger partial charge >= 0.3 is 0 Å². The quantitative estimate of drug-likeness (QED) is 0.838. The highest BCUT2D eigenvalue weighted by atomic mass is 15.3. The Kier molecular flexibility index (Phi) is 5.35. The molecule has 0 aliphatic carbocycles. The van der Waals surface area contributed by atoms with Gasteiger partial charge in [-0.3, -0.25) is 4.68 Å². The van der Waals surface area contributed by atoms with Crippen molar-refractivity contribution >= 4 is 0 Å². The fourth-order valence-electron chi connectivity index (χ4n) is 2.01. The number of nitrogens with zero attached hydrogens (tertiary/aromatic N) is 3. The summed E-state index contributed by atoms with van der Waals surface area (Å²) in [4.78, 5) is 2.34. The topological polar surface area (TPSA) is 33.1 Å². The highest BCUT2D eigenvalue weighted by Crippen LogP contribution is 2.09. The number of aromatic nitrogens is 2. The lowest BCUT2D eigenvalue weighted by molar-refractivity contribution is 0.302. The van der Waals surface area contributed by atoms with Crippen LogP contribution in [0.5, 0.6) is 0 Å². The summed E-state index contributed by atoms with van der Waals surface area (Å²) in [5.74, 6) is 0. The molecule has 0 atom stereocenters. The zero-order chi connectivity index (χ0) is 13.8. The first-order valence-electron chi connectivity index (χ1n) is 6.77. The molecule has 18 heavy (non-hydrogen) atoms. The number of aryl methyl sites for hydroxylation is 2. The number of rotatable bonds is 6. The molecule has 1 aromatic rings. The minimum atomic E-state index is 0.198. The van der Waals surface area contributed by atoms with Crippen molar-refractivity contribution in [1.29, 1.82) is 0 Å². The van der Waals surface area contributed by atoms with Crippen molar-refractivity contribution in [3.05, 3.63) is 17.5 Å². The third-order valence-corrected chi connectivity index (χ3v) is 2.92. The number of hydrogen-bond acceptors (Lipinski definition) is 3. The fourth-order valence-corrected chi connectivity index (χ4v) is 2.01. The van der Waals surface area contributed by atoms with Gasteiger partial charge in [-0.2, -0.15) is 5.10 Å². The van der Waals surface area contributed by atoms with Gasteiger partial charge in [0.1, 0.15) is 0 Å². The van der Waals surface area contributed by atoms with Crippen molar-refractivity contribution in [2.45, 2.75) is 46.2 Å². The predicted octanol–water partition coefficient (Wildman–Crippen LogP) is 1.80. The predicted molar refractivity (Wildman–Crippen MR) is 76.7 cm³/mol. The maximum absolute atomic E-state index is 4.48. The molecule has 4 heteroatoms. The van der Waals surface area contributed by atoms with Crippen LogP contribution in [0.15, 0.2) is 6.20 Å². The van der Waals surface area contributed by atoms with Crippen molar-refractivity contribution in [3.8, 4) is 0 Å². The summed E-state index contributed by atoms with van der Waals surface area (Å²) >= 11 is 0. The summed E-state index contributed by atoms with van der Waals surface area (Å²) in [6.45, 7) is 11.8. The van der Waals surface area contributed by atoms with Crippen LogP contribution in [0.1, 0.15) is 39.0 Å². The van der Waals surface area contributed by atoms with Crippen molar-refractivity contribution in [2.24, 2.45) is 7.05 Å². The van der Waals surface area contributed by atoms with Crippen LogP contribution in [0.2, 0.25) is 0 Å². The van der Waals surface area contributed by atoms with Gasteiger partial charge in [-0.1, -0.05) is 6.92 Å². The van der Waals surface area contributed by atoms with Gasteiger partial charge in [0.05, 0.1) is 5.69 Å². The van der Waals surface area contributed by atoms with Gasteiger partial charge in [0.15, 0.2) is 0 Å². The first-order chi connectivity index (χ1) is 8.31. The van der Waals surface area contributed by atoms with Gasteiger partial charge in [-0.25, -0.2) is 0 Å². The highest BCUT2D eigenvalue weighted by Gasteiger charge is 2.11. The lowest BCUT2D eigenvalue weighted by Gasteiger charge is -2.23. The van der Waals surface area contributed by atoms with E-state index in [4.69, 9.17) is 0 Å². The highest BCUT2D eigenvalue weighted by molar-refractivity contribution is 5.16. The Hall–Kier alpha value is -0.870. The summed E-state index contributed by atoms with van der Waals surface area (Å²) in [6, 6.07) is 0. The van der Waals surface area contributed by atoms with Gasteiger partial charge in [-0.05, 0) is 34.2 Å². The van der Waals surface area contributed by atoms with Crippen LogP contribution in [-0.4, -0.2) is 40.4 Å². The third kappa shape index (κ3) is 5.19. The maximum Gasteiger partial charge on any atom is 0.0666 e. The molecule has 0 saturated carbocycles. The summed E-state index contributed by atoms with van der Waals surface area (Å²) in [7, 11) is 4.15. The molecule has 0 fully saturated rings. The molecule has 1 N–H and O–H groups in total. The monoisotopic (exact) mass is 252 g/mol. The van der Waals surface area contributed by atoms with Crippen molar-refractivity contribution in [1.82, 2.24) is 20.0 Å². The molecule has 1 aromatic heterocycles. The van der Waals surface area contributed by atoms with Crippen LogP contribution in [0, 0.1) is 0 Å². The Labute approximate surface area is 111 Å². The van der Waals surface area contributed by atoms with Gasteiger partial charge in [-0.15, -0.1) is 0 Å². The van der Waals surface area contributed by atoms with E-state index < -0.39 is 0 Å². The van der Waals surface area contributed by atoms with E-state index in [9.17, 15) is 0 Å².